The van der Waals surface area contributed by atoms with Crippen LogP contribution in [0.1, 0.15) is 38.5 Å². The summed E-state index contributed by atoms with van der Waals surface area (Å²) in [6, 6.07) is 15.4. The van der Waals surface area contributed by atoms with E-state index >= 15 is 0 Å². The largest absolute Gasteiger partial charge is 1.00 e. The Bertz CT molecular complexity index is 1730. The Morgan fingerprint density at radius 2 is 1.67 bits per heavy atom. The number of carbonyl (C=O) groups excluding carboxylic acids is 3. The van der Waals surface area contributed by atoms with Gasteiger partial charge in [0.1, 0.15) is 27.8 Å². The van der Waals surface area contributed by atoms with Gasteiger partial charge in [0.2, 0.25) is 11.8 Å². The molecule has 1 aliphatic carbocycles. The van der Waals surface area contributed by atoms with Crippen LogP contribution >= 0.6 is 11.6 Å². The number of hydrogen-bond donors (Lipinski definition) is 2. The smallest absolute Gasteiger partial charge is 0.550 e. The minimum absolute atomic E-state index is 0. The van der Waals surface area contributed by atoms with Gasteiger partial charge in [-0.15, -0.1) is 0 Å². The number of methoxy groups -OCH3 is 1. The first-order chi connectivity index (χ1) is 21.7. The van der Waals surface area contributed by atoms with Crippen LogP contribution in [0.15, 0.2) is 66.9 Å². The molecular weight excluding hydrogens is 644 g/mol. The number of pyridine rings is 1. The zero-order chi connectivity index (χ0) is 32.0. The second-order valence-corrected chi connectivity index (χ2v) is 11.0. The number of anilines is 2. The summed E-state index contributed by atoms with van der Waals surface area (Å²) in [5, 5.41) is 16.8. The van der Waals surface area contributed by atoms with E-state index in [-0.39, 0.29) is 74.3 Å². The van der Waals surface area contributed by atoms with Crippen molar-refractivity contribution in [2.45, 2.75) is 38.5 Å². The molecule has 5 rings (SSSR count). The third-order valence-corrected chi connectivity index (χ3v) is 7.81. The molecule has 3 aromatic carbocycles. The fourth-order valence-corrected chi connectivity index (χ4v) is 4.94. The first-order valence-corrected chi connectivity index (χ1v) is 14.7. The molecule has 0 atom stereocenters. The number of aromatic nitrogens is 1. The number of amides is 2. The van der Waals surface area contributed by atoms with Crippen LogP contribution in [0.4, 0.5) is 15.8 Å². The van der Waals surface area contributed by atoms with E-state index in [4.69, 9.17) is 25.8 Å². The molecule has 0 saturated heterocycles. The van der Waals surface area contributed by atoms with Crippen molar-refractivity contribution < 1.29 is 89.5 Å². The molecule has 46 heavy (non-hydrogen) atoms. The van der Waals surface area contributed by atoms with Crippen LogP contribution in [0.5, 0.6) is 23.0 Å². The third kappa shape index (κ3) is 8.55. The Labute approximate surface area is 312 Å². The first-order valence-electron chi connectivity index (χ1n) is 14.3. The van der Waals surface area contributed by atoms with E-state index in [1.807, 2.05) is 0 Å². The van der Waals surface area contributed by atoms with Gasteiger partial charge >= 0.3 is 51.4 Å². The van der Waals surface area contributed by atoms with E-state index < -0.39 is 29.0 Å². The monoisotopic (exact) mass is 673 g/mol. The SMILES string of the molecule is COc1cc2c(Oc3cccc(NC(=O)C4(C(=O)Nc5ccc(F)cc5)CC4)c3Cl)ccnc2cc1OCCCCCC(=O)[O-].[K+]. The van der Waals surface area contributed by atoms with Crippen LogP contribution in [0.25, 0.3) is 10.9 Å². The number of carboxylic acids is 1. The number of benzene rings is 3. The zero-order valence-corrected chi connectivity index (χ0v) is 29.2. The summed E-state index contributed by atoms with van der Waals surface area (Å²) in [6.45, 7) is 0.369. The number of nitrogens with one attached hydrogen (secondary N) is 2. The van der Waals surface area contributed by atoms with Crippen LogP contribution in [-0.4, -0.2) is 36.5 Å². The van der Waals surface area contributed by atoms with Crippen molar-refractivity contribution in [2.24, 2.45) is 5.41 Å². The Kier molecular flexibility index (Phi) is 12.4. The number of unbranched alkanes of at least 4 members (excludes halogenated alkanes) is 2. The minimum atomic E-state index is -1.26. The van der Waals surface area contributed by atoms with Gasteiger partial charge in [0, 0.05) is 29.3 Å². The summed E-state index contributed by atoms with van der Waals surface area (Å²) in [6.07, 6.45) is 4.17. The van der Waals surface area contributed by atoms with Crippen LogP contribution in [0.3, 0.4) is 0 Å². The number of rotatable bonds is 14. The maximum absolute atomic E-state index is 13.2. The summed E-state index contributed by atoms with van der Waals surface area (Å²) in [5.74, 6) is -0.861. The molecule has 0 unspecified atom stereocenters. The number of fused-ring (bicyclic) bond motifs is 1. The predicted octanol–water partition coefficient (Wildman–Crippen LogP) is 2.88. The van der Waals surface area contributed by atoms with Crippen LogP contribution in [0, 0.1) is 11.2 Å². The maximum Gasteiger partial charge on any atom is 1.00 e. The number of halogens is 2. The molecular formula is C33H30ClFKN3O7. The van der Waals surface area contributed by atoms with E-state index in [1.165, 1.54) is 31.4 Å². The van der Waals surface area contributed by atoms with Crippen LogP contribution in [0.2, 0.25) is 5.02 Å². The standard InChI is InChI=1S/C33H31ClFN3O7.K/c1-43-27-18-22-24(19-28(27)44-17-4-2-3-8-29(39)40)36-16-13-25(22)45-26-7-5-6-23(30(26)34)38-32(42)33(14-15-33)31(41)37-21-11-9-20(35)10-12-21;/h5-7,9-13,16,18-19H,2-4,8,14-15,17H2,1H3,(H,37,41)(H,38,42)(H,39,40);/q;+1/p-1. The number of carbonyl (C=O) groups is 3. The van der Waals surface area contributed by atoms with E-state index in [2.05, 4.69) is 15.6 Å². The van der Waals surface area contributed by atoms with Gasteiger partial charge in [-0.3, -0.25) is 14.6 Å². The van der Waals surface area contributed by atoms with Gasteiger partial charge in [0.25, 0.3) is 0 Å². The summed E-state index contributed by atoms with van der Waals surface area (Å²) in [7, 11) is 1.51. The molecule has 4 aromatic rings. The van der Waals surface area contributed by atoms with Gasteiger partial charge in [-0.2, -0.15) is 0 Å². The Morgan fingerprint density at radius 1 is 0.935 bits per heavy atom. The summed E-state index contributed by atoms with van der Waals surface area (Å²) < 4.78 is 30.8. The molecule has 0 aliphatic heterocycles. The fourth-order valence-electron chi connectivity index (χ4n) is 4.73. The van der Waals surface area contributed by atoms with Crippen molar-refractivity contribution in [2.75, 3.05) is 24.4 Å². The normalized spacial score (nSPS) is 12.8. The van der Waals surface area contributed by atoms with Crippen molar-refractivity contribution in [3.05, 3.63) is 77.7 Å². The molecule has 1 aliphatic rings. The van der Waals surface area contributed by atoms with E-state index in [1.54, 1.807) is 42.6 Å². The molecule has 1 aromatic heterocycles. The Balaban J connectivity index is 0.00000480. The maximum atomic E-state index is 13.2. The molecule has 2 amide bonds. The van der Waals surface area contributed by atoms with Gasteiger partial charge in [0.05, 0.1) is 24.9 Å². The predicted molar refractivity (Wildman–Crippen MR) is 164 cm³/mol. The average Bonchev–Trinajstić information content (AvgIpc) is 3.84. The van der Waals surface area contributed by atoms with Crippen molar-refractivity contribution in [3.63, 3.8) is 0 Å². The zero-order valence-electron chi connectivity index (χ0n) is 25.4. The summed E-state index contributed by atoms with van der Waals surface area (Å²) in [5.41, 5.74) is -0.0306. The Hall–Kier alpha value is -3.26. The molecule has 1 saturated carbocycles. The molecule has 0 spiro atoms. The number of carboxylic acid groups (broad SMARTS) is 1. The number of nitrogens with zero attached hydrogens (tertiary/aromatic N) is 1. The first kappa shape index (κ1) is 35.6. The van der Waals surface area contributed by atoms with Crippen molar-refractivity contribution in [1.82, 2.24) is 4.98 Å². The van der Waals surface area contributed by atoms with Crippen molar-refractivity contribution >= 4 is 51.7 Å². The third-order valence-electron chi connectivity index (χ3n) is 7.42. The van der Waals surface area contributed by atoms with E-state index in [9.17, 15) is 23.9 Å². The topological polar surface area (TPSA) is 139 Å². The average molecular weight is 674 g/mol. The number of hydrogen-bond acceptors (Lipinski definition) is 8. The number of ether oxygens (including phenoxy) is 3. The van der Waals surface area contributed by atoms with Crippen LogP contribution < -0.4 is 81.3 Å². The van der Waals surface area contributed by atoms with E-state index in [0.717, 1.165) is 0 Å². The van der Waals surface area contributed by atoms with Gasteiger partial charge in [0.15, 0.2) is 11.5 Å². The molecule has 1 heterocycles. The second-order valence-electron chi connectivity index (χ2n) is 10.6. The molecule has 13 heteroatoms. The van der Waals surface area contributed by atoms with Crippen LogP contribution in [-0.2, 0) is 14.4 Å². The molecule has 1 fully saturated rings. The van der Waals surface area contributed by atoms with Gasteiger partial charge in [-0.25, -0.2) is 4.39 Å². The minimum Gasteiger partial charge on any atom is -0.550 e. The fraction of sp³-hybridized carbons (Fsp3) is 0.273. The second kappa shape index (κ2) is 16.0. The van der Waals surface area contributed by atoms with Crippen molar-refractivity contribution in [3.8, 4) is 23.0 Å². The summed E-state index contributed by atoms with van der Waals surface area (Å²) >= 11 is 6.67. The number of aliphatic carboxylic acids is 1. The van der Waals surface area contributed by atoms with Crippen molar-refractivity contribution in [1.29, 1.82) is 0 Å². The Morgan fingerprint density at radius 3 is 2.37 bits per heavy atom. The molecule has 0 radical (unpaired) electrons. The van der Waals surface area contributed by atoms with Gasteiger partial charge in [-0.1, -0.05) is 17.7 Å². The molecule has 2 N–H and O–H groups in total. The molecule has 234 valence electrons. The van der Waals surface area contributed by atoms with Gasteiger partial charge in [-0.05, 0) is 87.1 Å². The quantitative estimate of drug-likeness (QED) is 0.118. The molecule has 0 bridgehead atoms. The molecule has 10 nitrogen and oxygen atoms in total. The summed E-state index contributed by atoms with van der Waals surface area (Å²) in [4.78, 5) is 41.2. The van der Waals surface area contributed by atoms with E-state index in [0.29, 0.717) is 72.5 Å². The van der Waals surface area contributed by atoms with Gasteiger partial charge < -0.3 is 34.7 Å².